The minimum atomic E-state index is -0.665. The summed E-state index contributed by atoms with van der Waals surface area (Å²) in [6, 6.07) is 11.9. The van der Waals surface area contributed by atoms with Crippen LogP contribution in [0, 0.1) is 34.0 Å². The number of hydrogen-bond acceptors (Lipinski definition) is 5. The van der Waals surface area contributed by atoms with Crippen LogP contribution in [0.25, 0.3) is 11.1 Å². The van der Waals surface area contributed by atoms with Gasteiger partial charge in [-0.3, -0.25) is 4.79 Å². The number of aromatic nitrogens is 1. The fourth-order valence-corrected chi connectivity index (χ4v) is 1.88. The van der Waals surface area contributed by atoms with Crippen molar-refractivity contribution in [2.24, 2.45) is 0 Å². The number of nitrogens with two attached hydrogens (primary N) is 1. The van der Waals surface area contributed by atoms with Gasteiger partial charge in [-0.15, -0.1) is 0 Å². The Bertz CT molecular complexity index is 874. The van der Waals surface area contributed by atoms with Crippen LogP contribution in [0.2, 0.25) is 0 Å². The fourth-order valence-electron chi connectivity index (χ4n) is 1.88. The van der Waals surface area contributed by atoms with Gasteiger partial charge in [-0.05, 0) is 17.7 Å². The summed E-state index contributed by atoms with van der Waals surface area (Å²) in [4.78, 5) is 14.0. The SMILES string of the molecule is N#Cc1cccc(-c2c(C#N)c(N)[nH]c(=O)c2C#N)c1. The van der Waals surface area contributed by atoms with Crippen LogP contribution in [-0.4, -0.2) is 4.98 Å². The quantitative estimate of drug-likeness (QED) is 0.797. The molecule has 1 aromatic carbocycles. The topological polar surface area (TPSA) is 130 Å². The molecular formula is C14H7N5O. The maximum absolute atomic E-state index is 11.8. The maximum Gasteiger partial charge on any atom is 0.268 e. The number of nitrogens with zero attached hydrogens (tertiary/aromatic N) is 3. The molecule has 94 valence electrons. The molecule has 0 bridgehead atoms. The molecule has 6 nitrogen and oxygen atoms in total. The summed E-state index contributed by atoms with van der Waals surface area (Å²) >= 11 is 0. The molecule has 0 radical (unpaired) electrons. The number of pyridine rings is 1. The highest BCUT2D eigenvalue weighted by Gasteiger charge is 2.18. The summed E-state index contributed by atoms with van der Waals surface area (Å²) < 4.78 is 0. The van der Waals surface area contributed by atoms with E-state index in [1.807, 2.05) is 12.1 Å². The van der Waals surface area contributed by atoms with Gasteiger partial charge in [-0.25, -0.2) is 0 Å². The summed E-state index contributed by atoms with van der Waals surface area (Å²) in [5.74, 6) is -0.103. The largest absolute Gasteiger partial charge is 0.384 e. The normalized spacial score (nSPS) is 9.25. The summed E-state index contributed by atoms with van der Waals surface area (Å²) in [6.07, 6.45) is 0. The molecule has 0 atom stereocenters. The number of hydrogen-bond donors (Lipinski definition) is 2. The number of benzene rings is 1. The predicted molar refractivity (Wildman–Crippen MR) is 71.1 cm³/mol. The first-order chi connectivity index (χ1) is 9.62. The van der Waals surface area contributed by atoms with E-state index in [2.05, 4.69) is 4.98 Å². The molecule has 0 unspecified atom stereocenters. The highest BCUT2D eigenvalue weighted by Crippen LogP contribution is 2.28. The Hall–Kier alpha value is -3.56. The average Bonchev–Trinajstić information content (AvgIpc) is 2.46. The van der Waals surface area contributed by atoms with Crippen molar-refractivity contribution in [2.45, 2.75) is 0 Å². The van der Waals surface area contributed by atoms with Crippen molar-refractivity contribution in [2.75, 3.05) is 5.73 Å². The number of nitrogens with one attached hydrogen (secondary N) is 1. The van der Waals surface area contributed by atoms with Crippen LogP contribution in [0.4, 0.5) is 5.82 Å². The monoisotopic (exact) mass is 261 g/mol. The summed E-state index contributed by atoms with van der Waals surface area (Å²) in [7, 11) is 0. The average molecular weight is 261 g/mol. The van der Waals surface area contributed by atoms with Gasteiger partial charge in [0.2, 0.25) is 0 Å². The molecule has 0 saturated heterocycles. The van der Waals surface area contributed by atoms with E-state index in [0.29, 0.717) is 11.1 Å². The Kier molecular flexibility index (Phi) is 3.20. The van der Waals surface area contributed by atoms with Crippen molar-refractivity contribution in [3.8, 4) is 29.3 Å². The van der Waals surface area contributed by atoms with Crippen molar-refractivity contribution in [1.82, 2.24) is 4.98 Å². The van der Waals surface area contributed by atoms with Gasteiger partial charge in [0, 0.05) is 5.56 Å². The fraction of sp³-hybridized carbons (Fsp3) is 0. The third kappa shape index (κ3) is 1.96. The molecule has 0 amide bonds. The van der Waals surface area contributed by atoms with Gasteiger partial charge in [0.05, 0.1) is 11.6 Å². The molecule has 2 aromatic rings. The first-order valence-electron chi connectivity index (χ1n) is 5.48. The second-order valence-electron chi connectivity index (χ2n) is 3.91. The van der Waals surface area contributed by atoms with E-state index in [-0.39, 0.29) is 22.5 Å². The second kappa shape index (κ2) is 4.97. The molecule has 0 spiro atoms. The molecule has 0 aliphatic heterocycles. The number of nitrogen functional groups attached to an aromatic ring is 1. The van der Waals surface area contributed by atoms with Gasteiger partial charge in [0.15, 0.2) is 0 Å². The molecule has 0 aliphatic rings. The highest BCUT2D eigenvalue weighted by atomic mass is 16.1. The first-order valence-corrected chi connectivity index (χ1v) is 5.48. The Morgan fingerprint density at radius 3 is 2.35 bits per heavy atom. The number of aromatic amines is 1. The van der Waals surface area contributed by atoms with Gasteiger partial charge < -0.3 is 10.7 Å². The zero-order valence-electron chi connectivity index (χ0n) is 10.1. The van der Waals surface area contributed by atoms with Crippen molar-refractivity contribution in [3.05, 3.63) is 51.3 Å². The minimum Gasteiger partial charge on any atom is -0.384 e. The van der Waals surface area contributed by atoms with Crippen LogP contribution >= 0.6 is 0 Å². The lowest BCUT2D eigenvalue weighted by atomic mass is 9.95. The molecule has 3 N–H and O–H groups in total. The minimum absolute atomic E-state index is 0.0104. The van der Waals surface area contributed by atoms with E-state index in [1.54, 1.807) is 24.3 Å². The van der Waals surface area contributed by atoms with E-state index in [0.717, 1.165) is 0 Å². The number of anilines is 1. The molecule has 2 rings (SSSR count). The Balaban J connectivity index is 2.93. The van der Waals surface area contributed by atoms with Gasteiger partial charge in [0.25, 0.3) is 5.56 Å². The van der Waals surface area contributed by atoms with Crippen LogP contribution < -0.4 is 11.3 Å². The molecule has 0 fully saturated rings. The molecule has 1 heterocycles. The van der Waals surface area contributed by atoms with Crippen molar-refractivity contribution in [1.29, 1.82) is 15.8 Å². The lowest BCUT2D eigenvalue weighted by Gasteiger charge is -2.08. The Morgan fingerprint density at radius 1 is 1.05 bits per heavy atom. The second-order valence-corrected chi connectivity index (χ2v) is 3.91. The van der Waals surface area contributed by atoms with Gasteiger partial charge >= 0.3 is 0 Å². The zero-order valence-corrected chi connectivity index (χ0v) is 10.1. The predicted octanol–water partition coefficient (Wildman–Crippen LogP) is 1.24. The van der Waals surface area contributed by atoms with Crippen LogP contribution in [0.3, 0.4) is 0 Å². The van der Waals surface area contributed by atoms with E-state index in [4.69, 9.17) is 16.3 Å². The Labute approximate surface area is 113 Å². The Morgan fingerprint density at radius 2 is 1.75 bits per heavy atom. The lowest BCUT2D eigenvalue weighted by Crippen LogP contribution is -2.16. The van der Waals surface area contributed by atoms with E-state index < -0.39 is 5.56 Å². The molecular weight excluding hydrogens is 254 g/mol. The zero-order chi connectivity index (χ0) is 14.7. The van der Waals surface area contributed by atoms with Crippen LogP contribution in [0.15, 0.2) is 29.1 Å². The maximum atomic E-state index is 11.8. The first kappa shape index (κ1) is 12.9. The van der Waals surface area contributed by atoms with Crippen LogP contribution in [0.1, 0.15) is 16.7 Å². The highest BCUT2D eigenvalue weighted by molar-refractivity contribution is 5.80. The third-order valence-electron chi connectivity index (χ3n) is 2.75. The van der Waals surface area contributed by atoms with E-state index in [1.165, 1.54) is 6.07 Å². The summed E-state index contributed by atoms with van der Waals surface area (Å²) in [6.45, 7) is 0. The van der Waals surface area contributed by atoms with Gasteiger partial charge in [0.1, 0.15) is 29.1 Å². The smallest absolute Gasteiger partial charge is 0.268 e. The van der Waals surface area contributed by atoms with Crippen molar-refractivity contribution < 1.29 is 0 Å². The molecule has 20 heavy (non-hydrogen) atoms. The van der Waals surface area contributed by atoms with Crippen molar-refractivity contribution in [3.63, 3.8) is 0 Å². The molecule has 0 aliphatic carbocycles. The number of nitriles is 3. The van der Waals surface area contributed by atoms with Crippen LogP contribution in [-0.2, 0) is 0 Å². The molecule has 6 heteroatoms. The number of rotatable bonds is 1. The summed E-state index contributed by atoms with van der Waals surface area (Å²) in [5.41, 5.74) is 5.68. The van der Waals surface area contributed by atoms with E-state index >= 15 is 0 Å². The molecule has 1 aromatic heterocycles. The van der Waals surface area contributed by atoms with Gasteiger partial charge in [-0.2, -0.15) is 15.8 Å². The number of H-pyrrole nitrogens is 1. The molecule has 0 saturated carbocycles. The summed E-state index contributed by atoms with van der Waals surface area (Å²) in [5, 5.41) is 27.2. The standard InChI is InChI=1S/C14H7N5O/c15-5-8-2-1-3-9(4-8)12-10(6-16)13(18)19-14(20)11(12)7-17/h1-4H,(H3,18,19,20). The van der Waals surface area contributed by atoms with E-state index in [9.17, 15) is 10.1 Å². The lowest BCUT2D eigenvalue weighted by molar-refractivity contribution is 1.21. The third-order valence-corrected chi connectivity index (χ3v) is 2.75. The van der Waals surface area contributed by atoms with Crippen LogP contribution in [0.5, 0.6) is 0 Å². The van der Waals surface area contributed by atoms with Gasteiger partial charge in [-0.1, -0.05) is 12.1 Å². The van der Waals surface area contributed by atoms with Crippen molar-refractivity contribution >= 4 is 5.82 Å².